The van der Waals surface area contributed by atoms with E-state index in [1.54, 1.807) is 35.1 Å². The number of nitrogens with one attached hydrogen (secondary N) is 1. The number of hydrogen-bond acceptors (Lipinski definition) is 4. The first-order valence-corrected chi connectivity index (χ1v) is 10.5. The zero-order valence-corrected chi connectivity index (χ0v) is 18.9. The van der Waals surface area contributed by atoms with Crippen LogP contribution in [0.15, 0.2) is 36.5 Å². The molecular weight excluding hydrogens is 480 g/mol. The predicted octanol–water partition coefficient (Wildman–Crippen LogP) is 5.26. The quantitative estimate of drug-likeness (QED) is 0.408. The molecule has 0 aliphatic carbocycles. The number of carbonyl (C=O) groups is 1. The summed E-state index contributed by atoms with van der Waals surface area (Å²) in [5, 5.41) is 11.9. The van der Waals surface area contributed by atoms with Gasteiger partial charge in [-0.25, -0.2) is 9.67 Å². The zero-order chi connectivity index (χ0) is 23.9. The van der Waals surface area contributed by atoms with Gasteiger partial charge in [-0.1, -0.05) is 29.3 Å². The van der Waals surface area contributed by atoms with Crippen LogP contribution < -0.4 is 5.32 Å². The van der Waals surface area contributed by atoms with Gasteiger partial charge in [0.2, 0.25) is 5.91 Å². The van der Waals surface area contributed by atoms with E-state index in [9.17, 15) is 18.0 Å². The molecule has 0 bridgehead atoms. The van der Waals surface area contributed by atoms with Gasteiger partial charge in [0.15, 0.2) is 11.5 Å². The molecule has 12 heteroatoms. The van der Waals surface area contributed by atoms with Gasteiger partial charge in [0.1, 0.15) is 6.54 Å². The lowest BCUT2D eigenvalue weighted by Crippen LogP contribution is -2.20. The van der Waals surface area contributed by atoms with Gasteiger partial charge in [0, 0.05) is 28.0 Å². The highest BCUT2D eigenvalue weighted by molar-refractivity contribution is 6.35. The van der Waals surface area contributed by atoms with E-state index >= 15 is 0 Å². The van der Waals surface area contributed by atoms with Gasteiger partial charge in [-0.2, -0.15) is 23.4 Å². The highest BCUT2D eigenvalue weighted by Gasteiger charge is 2.35. The molecule has 1 aromatic carbocycles. The number of nitrogens with zero attached hydrogens (tertiary/aromatic N) is 5. The molecule has 0 aliphatic heterocycles. The minimum absolute atomic E-state index is 0.00196. The van der Waals surface area contributed by atoms with Gasteiger partial charge in [-0.15, -0.1) is 0 Å². The van der Waals surface area contributed by atoms with Crippen molar-refractivity contribution in [3.05, 3.63) is 69.1 Å². The van der Waals surface area contributed by atoms with Gasteiger partial charge in [-0.3, -0.25) is 9.48 Å². The third-order valence-electron chi connectivity index (χ3n) is 4.86. The summed E-state index contributed by atoms with van der Waals surface area (Å²) in [4.78, 5) is 16.7. The number of fused-ring (bicyclic) bond motifs is 1. The van der Waals surface area contributed by atoms with Crippen LogP contribution in [0.25, 0.3) is 11.0 Å². The van der Waals surface area contributed by atoms with Crippen molar-refractivity contribution in [1.82, 2.24) is 24.5 Å². The van der Waals surface area contributed by atoms with Crippen LogP contribution in [0, 0.1) is 13.8 Å². The Morgan fingerprint density at radius 3 is 2.58 bits per heavy atom. The standard InChI is InChI=1S/C21H17Cl2F3N6O/c1-11-7-15(21(24,25)26)19-12(2)29-32(20(19)27-11)10-18(33)28-17-5-6-31(30-17)9-13-3-4-14(22)8-16(13)23/h3-8H,9-10H2,1-2H3,(H,28,30,33). The molecule has 3 heterocycles. The Kier molecular flexibility index (Phi) is 6.06. The molecule has 1 amide bonds. The number of benzene rings is 1. The third-order valence-corrected chi connectivity index (χ3v) is 5.45. The summed E-state index contributed by atoms with van der Waals surface area (Å²) in [7, 11) is 0. The maximum Gasteiger partial charge on any atom is 0.417 e. The normalized spacial score (nSPS) is 11.8. The van der Waals surface area contributed by atoms with Crippen molar-refractivity contribution in [2.24, 2.45) is 0 Å². The maximum atomic E-state index is 13.5. The number of halogens is 5. The molecule has 0 spiro atoms. The van der Waals surface area contributed by atoms with E-state index in [0.717, 1.165) is 16.3 Å². The number of aryl methyl sites for hydroxylation is 2. The van der Waals surface area contributed by atoms with E-state index in [1.165, 1.54) is 13.8 Å². The van der Waals surface area contributed by atoms with Crippen LogP contribution in [0.3, 0.4) is 0 Å². The van der Waals surface area contributed by atoms with Crippen LogP contribution in [0.1, 0.15) is 22.5 Å². The van der Waals surface area contributed by atoms with Crippen LogP contribution in [0.5, 0.6) is 0 Å². The van der Waals surface area contributed by atoms with Crippen LogP contribution in [-0.2, 0) is 24.1 Å². The number of rotatable bonds is 5. The number of carbonyl (C=O) groups excluding carboxylic acids is 1. The van der Waals surface area contributed by atoms with Gasteiger partial charge >= 0.3 is 6.18 Å². The van der Waals surface area contributed by atoms with E-state index in [1.807, 2.05) is 0 Å². The second-order valence-corrected chi connectivity index (χ2v) is 8.28. The second kappa shape index (κ2) is 8.68. The summed E-state index contributed by atoms with van der Waals surface area (Å²) in [5.74, 6) is -0.232. The summed E-state index contributed by atoms with van der Waals surface area (Å²) in [6, 6.07) is 7.69. The predicted molar refractivity (Wildman–Crippen MR) is 118 cm³/mol. The topological polar surface area (TPSA) is 77.6 Å². The molecule has 4 aromatic rings. The molecule has 0 aliphatic rings. The highest BCUT2D eigenvalue weighted by Crippen LogP contribution is 2.36. The summed E-state index contributed by atoms with van der Waals surface area (Å²) < 4.78 is 43.2. The molecule has 0 saturated carbocycles. The van der Waals surface area contributed by atoms with Crippen LogP contribution in [0.4, 0.5) is 19.0 Å². The highest BCUT2D eigenvalue weighted by atomic mass is 35.5. The molecular formula is C21H17Cl2F3N6O. The van der Waals surface area contributed by atoms with Crippen molar-refractivity contribution >= 4 is 46.0 Å². The van der Waals surface area contributed by atoms with E-state index in [2.05, 4.69) is 20.5 Å². The Bertz CT molecular complexity index is 1360. The van der Waals surface area contributed by atoms with Crippen molar-refractivity contribution in [2.45, 2.75) is 33.1 Å². The second-order valence-electron chi connectivity index (χ2n) is 7.43. The first-order chi connectivity index (χ1) is 15.5. The van der Waals surface area contributed by atoms with Gasteiger partial charge in [0.05, 0.1) is 23.2 Å². The number of amides is 1. The minimum Gasteiger partial charge on any atom is -0.308 e. The van der Waals surface area contributed by atoms with Crippen LogP contribution in [-0.4, -0.2) is 30.5 Å². The van der Waals surface area contributed by atoms with E-state index in [-0.39, 0.29) is 34.8 Å². The number of alkyl halides is 3. The van der Waals surface area contributed by atoms with Crippen molar-refractivity contribution in [3.8, 4) is 0 Å². The summed E-state index contributed by atoms with van der Waals surface area (Å²) in [6.45, 7) is 2.94. The van der Waals surface area contributed by atoms with E-state index in [4.69, 9.17) is 23.2 Å². The molecule has 3 aromatic heterocycles. The lowest BCUT2D eigenvalue weighted by atomic mass is 10.1. The molecule has 33 heavy (non-hydrogen) atoms. The Labute approximate surface area is 196 Å². The fraction of sp³-hybridized carbons (Fsp3) is 0.238. The van der Waals surface area contributed by atoms with Crippen molar-refractivity contribution < 1.29 is 18.0 Å². The molecule has 4 rings (SSSR count). The van der Waals surface area contributed by atoms with Crippen molar-refractivity contribution in [3.63, 3.8) is 0 Å². The van der Waals surface area contributed by atoms with Gasteiger partial charge < -0.3 is 5.32 Å². The summed E-state index contributed by atoms with van der Waals surface area (Å²) >= 11 is 12.1. The summed E-state index contributed by atoms with van der Waals surface area (Å²) in [6.07, 6.45) is -2.90. The maximum absolute atomic E-state index is 13.5. The average molecular weight is 497 g/mol. The molecule has 0 radical (unpaired) electrons. The number of hydrogen-bond donors (Lipinski definition) is 1. The van der Waals surface area contributed by atoms with E-state index in [0.29, 0.717) is 16.6 Å². The SMILES string of the molecule is Cc1cc(C(F)(F)F)c2c(C)nn(CC(=O)Nc3ccn(Cc4ccc(Cl)cc4Cl)n3)c2n1. The average Bonchev–Trinajstić information content (AvgIpc) is 3.27. The Balaban J connectivity index is 1.51. The largest absolute Gasteiger partial charge is 0.417 e. The lowest BCUT2D eigenvalue weighted by Gasteiger charge is -2.10. The first-order valence-electron chi connectivity index (χ1n) is 9.70. The van der Waals surface area contributed by atoms with Crippen molar-refractivity contribution in [2.75, 3.05) is 5.32 Å². The number of aromatic nitrogens is 5. The van der Waals surface area contributed by atoms with Gasteiger partial charge in [0.25, 0.3) is 0 Å². The molecule has 0 atom stereocenters. The minimum atomic E-state index is -4.56. The van der Waals surface area contributed by atoms with Gasteiger partial charge in [-0.05, 0) is 37.6 Å². The first kappa shape index (κ1) is 23.1. The Morgan fingerprint density at radius 1 is 1.12 bits per heavy atom. The lowest BCUT2D eigenvalue weighted by molar-refractivity contribution is -0.136. The van der Waals surface area contributed by atoms with E-state index < -0.39 is 17.6 Å². The van der Waals surface area contributed by atoms with Crippen LogP contribution in [0.2, 0.25) is 10.0 Å². The molecule has 1 N–H and O–H groups in total. The number of pyridine rings is 1. The fourth-order valence-electron chi connectivity index (χ4n) is 3.47. The third kappa shape index (κ3) is 4.96. The molecule has 0 saturated heterocycles. The smallest absolute Gasteiger partial charge is 0.308 e. The number of anilines is 1. The molecule has 0 fully saturated rings. The zero-order valence-electron chi connectivity index (χ0n) is 17.4. The molecule has 172 valence electrons. The van der Waals surface area contributed by atoms with Crippen LogP contribution >= 0.6 is 23.2 Å². The molecule has 0 unspecified atom stereocenters. The Morgan fingerprint density at radius 2 is 1.88 bits per heavy atom. The monoisotopic (exact) mass is 496 g/mol. The van der Waals surface area contributed by atoms with Crippen molar-refractivity contribution in [1.29, 1.82) is 0 Å². The fourth-order valence-corrected chi connectivity index (χ4v) is 3.94. The molecule has 7 nitrogen and oxygen atoms in total. The summed E-state index contributed by atoms with van der Waals surface area (Å²) in [5.41, 5.74) is 0.284. The Hall–Kier alpha value is -3.11.